The van der Waals surface area contributed by atoms with E-state index in [1.54, 1.807) is 0 Å². The Balaban J connectivity index is 5.23. The van der Waals surface area contributed by atoms with E-state index < -0.39 is 16.6 Å². The zero-order chi connectivity index (χ0) is 17.0. The van der Waals surface area contributed by atoms with Crippen molar-refractivity contribution in [1.29, 1.82) is 0 Å². The summed E-state index contributed by atoms with van der Waals surface area (Å²) in [5.74, 6) is 1.67. The first kappa shape index (κ1) is 20.5. The van der Waals surface area contributed by atoms with Crippen molar-refractivity contribution in [1.82, 2.24) is 0 Å². The predicted octanol–water partition coefficient (Wildman–Crippen LogP) is 6.45. The quantitative estimate of drug-likeness (QED) is 0.290. The second-order valence-corrected chi connectivity index (χ2v) is 17.7. The van der Waals surface area contributed by atoms with Crippen LogP contribution in [0, 0.1) is 0 Å². The normalized spacial score (nSPS) is 14.0. The summed E-state index contributed by atoms with van der Waals surface area (Å²) >= 11 is 0. The van der Waals surface area contributed by atoms with Gasteiger partial charge in [0.1, 0.15) is 0 Å². The van der Waals surface area contributed by atoms with E-state index in [1.807, 2.05) is 13.0 Å². The highest BCUT2D eigenvalue weighted by atomic mass is 28.4. The van der Waals surface area contributed by atoms with E-state index in [-0.39, 0.29) is 0 Å². The van der Waals surface area contributed by atoms with Gasteiger partial charge in [-0.25, -0.2) is 0 Å². The van der Waals surface area contributed by atoms with Crippen LogP contribution in [-0.2, 0) is 8.85 Å². The van der Waals surface area contributed by atoms with Crippen LogP contribution in [0.25, 0.3) is 0 Å². The summed E-state index contributed by atoms with van der Waals surface area (Å²) in [6, 6.07) is 0. The molecule has 21 heavy (non-hydrogen) atoms. The van der Waals surface area contributed by atoms with Crippen LogP contribution in [0.5, 0.6) is 0 Å². The number of allylic oxidation sites excluding steroid dienone is 2. The molecule has 0 atom stereocenters. The van der Waals surface area contributed by atoms with E-state index in [0.717, 1.165) is 11.5 Å². The zero-order valence-corrected chi connectivity index (χ0v) is 17.8. The molecule has 0 aliphatic heterocycles. The van der Waals surface area contributed by atoms with Crippen molar-refractivity contribution in [3.05, 3.63) is 24.2 Å². The minimum absolute atomic E-state index is 0.576. The second-order valence-electron chi connectivity index (χ2n) is 7.86. The first-order valence-electron chi connectivity index (χ1n) is 8.08. The second kappa shape index (κ2) is 7.68. The van der Waals surface area contributed by atoms with Crippen molar-refractivity contribution >= 4 is 16.6 Å². The Morgan fingerprint density at radius 1 is 0.857 bits per heavy atom. The van der Waals surface area contributed by atoms with Gasteiger partial charge in [0.15, 0.2) is 0 Å². The Kier molecular flexibility index (Phi) is 7.50. The Hall–Kier alpha value is -0.486. The van der Waals surface area contributed by atoms with Crippen molar-refractivity contribution in [2.24, 2.45) is 0 Å². The summed E-state index contributed by atoms with van der Waals surface area (Å²) in [5, 5.41) is 0. The highest BCUT2D eigenvalue weighted by Crippen LogP contribution is 2.43. The molecule has 0 spiro atoms. The molecular formula is C17H36O2Si2. The van der Waals surface area contributed by atoms with Gasteiger partial charge >= 0.3 is 0 Å². The lowest BCUT2D eigenvalue weighted by molar-refractivity contribution is 0.366. The summed E-state index contributed by atoms with van der Waals surface area (Å²) in [7, 11) is -3.47. The number of hydrogen-bond donors (Lipinski definition) is 0. The molecule has 0 radical (unpaired) electrons. The molecule has 0 fully saturated rings. The third-order valence-corrected chi connectivity index (χ3v) is 10.8. The van der Waals surface area contributed by atoms with Gasteiger partial charge in [0.05, 0.1) is 11.5 Å². The average molecular weight is 329 g/mol. The maximum absolute atomic E-state index is 6.58. The Morgan fingerprint density at radius 3 is 1.52 bits per heavy atom. The van der Waals surface area contributed by atoms with Crippen LogP contribution < -0.4 is 0 Å². The fraction of sp³-hybridized carbons (Fsp3) is 0.765. The van der Waals surface area contributed by atoms with Crippen molar-refractivity contribution < 1.29 is 8.85 Å². The summed E-state index contributed by atoms with van der Waals surface area (Å²) in [5.41, 5.74) is 1.73. The van der Waals surface area contributed by atoms with E-state index in [2.05, 4.69) is 67.8 Å². The van der Waals surface area contributed by atoms with E-state index in [0.29, 0.717) is 16.6 Å². The van der Waals surface area contributed by atoms with Crippen LogP contribution in [-0.4, -0.2) is 16.6 Å². The molecule has 124 valence electrons. The first-order chi connectivity index (χ1) is 9.32. The van der Waals surface area contributed by atoms with Gasteiger partial charge in [-0.15, -0.1) is 0 Å². The minimum Gasteiger partial charge on any atom is -0.546 e. The summed E-state index contributed by atoms with van der Waals surface area (Å²) < 4.78 is 12.5. The van der Waals surface area contributed by atoms with E-state index in [4.69, 9.17) is 8.85 Å². The van der Waals surface area contributed by atoms with E-state index >= 15 is 0 Å². The summed E-state index contributed by atoms with van der Waals surface area (Å²) in [4.78, 5) is 0. The minimum atomic E-state index is -1.87. The van der Waals surface area contributed by atoms with Crippen molar-refractivity contribution in [3.63, 3.8) is 0 Å². The smallest absolute Gasteiger partial charge is 0.258 e. The molecule has 0 rings (SSSR count). The highest BCUT2D eigenvalue weighted by molar-refractivity contribution is 6.77. The van der Waals surface area contributed by atoms with Gasteiger partial charge in [0.25, 0.3) is 8.32 Å². The van der Waals surface area contributed by atoms with Gasteiger partial charge in [0, 0.05) is 6.08 Å². The summed E-state index contributed by atoms with van der Waals surface area (Å²) in [6.45, 7) is 26.3. The molecule has 2 nitrogen and oxygen atoms in total. The molecule has 0 bridgehead atoms. The SMILES string of the molecule is C=C(/C=C(\C)O[Si](C(C)C)(C(C)C)C(C)C)O[Si](C)(C)C. The molecular weight excluding hydrogens is 292 g/mol. The van der Waals surface area contributed by atoms with Crippen LogP contribution in [0.1, 0.15) is 48.5 Å². The molecule has 0 heterocycles. The molecule has 0 saturated carbocycles. The number of hydrogen-bond acceptors (Lipinski definition) is 2. The molecule has 0 unspecified atom stereocenters. The van der Waals surface area contributed by atoms with Crippen LogP contribution in [0.4, 0.5) is 0 Å². The Morgan fingerprint density at radius 2 is 1.24 bits per heavy atom. The molecule has 0 saturated heterocycles. The molecule has 0 aliphatic rings. The molecule has 0 aromatic heterocycles. The molecule has 0 aliphatic carbocycles. The topological polar surface area (TPSA) is 18.5 Å². The maximum atomic E-state index is 6.58. The lowest BCUT2D eigenvalue weighted by Gasteiger charge is -2.42. The van der Waals surface area contributed by atoms with Gasteiger partial charge in [-0.3, -0.25) is 0 Å². The van der Waals surface area contributed by atoms with E-state index in [1.165, 1.54) is 0 Å². The standard InChI is InChI=1S/C17H36O2Si2/c1-13(2)21(14(3)4,15(5)6)19-17(8)12-16(7)18-20(9,10)11/h12-15H,7H2,1-6,8-11H3/b17-12+. The monoisotopic (exact) mass is 328 g/mol. The first-order valence-corrected chi connectivity index (χ1v) is 13.6. The molecule has 0 aromatic carbocycles. The largest absolute Gasteiger partial charge is 0.546 e. The average Bonchev–Trinajstić information content (AvgIpc) is 2.20. The van der Waals surface area contributed by atoms with Crippen LogP contribution in [0.3, 0.4) is 0 Å². The zero-order valence-electron chi connectivity index (χ0n) is 15.8. The van der Waals surface area contributed by atoms with Crippen molar-refractivity contribution in [2.75, 3.05) is 0 Å². The van der Waals surface area contributed by atoms with E-state index in [9.17, 15) is 0 Å². The van der Waals surface area contributed by atoms with Crippen molar-refractivity contribution in [2.45, 2.75) is 84.7 Å². The van der Waals surface area contributed by atoms with Crippen LogP contribution >= 0.6 is 0 Å². The van der Waals surface area contributed by atoms with Gasteiger partial charge in [-0.2, -0.15) is 0 Å². The third-order valence-electron chi connectivity index (χ3n) is 3.85. The van der Waals surface area contributed by atoms with Gasteiger partial charge in [-0.05, 0) is 43.2 Å². The molecule has 0 aromatic rings. The fourth-order valence-corrected chi connectivity index (χ4v) is 9.48. The molecule has 4 heteroatoms. The van der Waals surface area contributed by atoms with Crippen LogP contribution in [0.2, 0.25) is 36.3 Å². The maximum Gasteiger partial charge on any atom is 0.258 e. The van der Waals surface area contributed by atoms with Crippen LogP contribution in [0.15, 0.2) is 24.2 Å². The van der Waals surface area contributed by atoms with Gasteiger partial charge < -0.3 is 8.85 Å². The van der Waals surface area contributed by atoms with Gasteiger partial charge in [0.2, 0.25) is 8.32 Å². The Bertz CT molecular complexity index is 355. The lowest BCUT2D eigenvalue weighted by atomic mass is 10.4. The number of rotatable bonds is 8. The fourth-order valence-electron chi connectivity index (χ4n) is 3.31. The highest BCUT2D eigenvalue weighted by Gasteiger charge is 2.46. The van der Waals surface area contributed by atoms with Gasteiger partial charge in [-0.1, -0.05) is 48.1 Å². The van der Waals surface area contributed by atoms with Crippen molar-refractivity contribution in [3.8, 4) is 0 Å². The predicted molar refractivity (Wildman–Crippen MR) is 99.5 cm³/mol. The molecule has 0 N–H and O–H groups in total. The third kappa shape index (κ3) is 6.03. The molecule has 0 amide bonds. The lowest BCUT2D eigenvalue weighted by Crippen LogP contribution is -2.47. The summed E-state index contributed by atoms with van der Waals surface area (Å²) in [6.07, 6.45) is 1.97. The Labute approximate surface area is 134 Å².